The highest BCUT2D eigenvalue weighted by molar-refractivity contribution is 8.02. The van der Waals surface area contributed by atoms with Gasteiger partial charge in [-0.15, -0.1) is 11.8 Å². The van der Waals surface area contributed by atoms with E-state index in [1.165, 1.54) is 23.9 Å². The summed E-state index contributed by atoms with van der Waals surface area (Å²) >= 11 is 1.41. The van der Waals surface area contributed by atoms with Crippen LogP contribution in [0.15, 0.2) is 47.4 Å². The average Bonchev–Trinajstić information content (AvgIpc) is 2.90. The van der Waals surface area contributed by atoms with Gasteiger partial charge >= 0.3 is 0 Å². The molecule has 0 unspecified atom stereocenters. The van der Waals surface area contributed by atoms with Crippen molar-refractivity contribution in [1.82, 2.24) is 0 Å². The van der Waals surface area contributed by atoms with Crippen molar-refractivity contribution >= 4 is 33.2 Å². The molecular formula is C18H18FNO3S2. The number of benzene rings is 2. The van der Waals surface area contributed by atoms with Crippen molar-refractivity contribution in [3.05, 3.63) is 59.4 Å². The van der Waals surface area contributed by atoms with Crippen LogP contribution in [-0.2, 0) is 9.84 Å². The number of amides is 1. The number of carbonyl (C=O) groups is 1. The average molecular weight is 379 g/mol. The number of sulfone groups is 1. The molecular weight excluding hydrogens is 361 g/mol. The lowest BCUT2D eigenvalue weighted by atomic mass is 10.1. The van der Waals surface area contributed by atoms with Gasteiger partial charge in [0, 0.05) is 15.8 Å². The van der Waals surface area contributed by atoms with Crippen LogP contribution in [0, 0.1) is 12.7 Å². The summed E-state index contributed by atoms with van der Waals surface area (Å²) in [5.41, 5.74) is 1.65. The Morgan fingerprint density at radius 1 is 1.24 bits per heavy atom. The zero-order valence-corrected chi connectivity index (χ0v) is 15.3. The van der Waals surface area contributed by atoms with Gasteiger partial charge in [-0.1, -0.05) is 18.2 Å². The van der Waals surface area contributed by atoms with Gasteiger partial charge < -0.3 is 5.32 Å². The fraction of sp³-hybridized carbons (Fsp3) is 0.278. The summed E-state index contributed by atoms with van der Waals surface area (Å²) in [7, 11) is -2.97. The monoisotopic (exact) mass is 379 g/mol. The molecule has 0 aromatic heterocycles. The maximum atomic E-state index is 13.4. The molecule has 1 aliphatic rings. The zero-order valence-electron chi connectivity index (χ0n) is 13.7. The highest BCUT2D eigenvalue weighted by Gasteiger charge is 2.29. The molecule has 1 aliphatic heterocycles. The van der Waals surface area contributed by atoms with Gasteiger partial charge in [0.15, 0.2) is 9.84 Å². The Kier molecular flexibility index (Phi) is 5.15. The van der Waals surface area contributed by atoms with Gasteiger partial charge in [0.25, 0.3) is 5.91 Å². The summed E-state index contributed by atoms with van der Waals surface area (Å²) < 4.78 is 36.7. The SMILES string of the molecule is Cc1ccc(F)cc1NC(=O)c1ccccc1S[C@@H]1CCS(=O)(=O)C1. The van der Waals surface area contributed by atoms with Gasteiger partial charge in [0.1, 0.15) is 5.82 Å². The molecule has 3 rings (SSSR count). The molecule has 1 heterocycles. The van der Waals surface area contributed by atoms with Crippen LogP contribution < -0.4 is 5.32 Å². The predicted molar refractivity (Wildman–Crippen MR) is 98.4 cm³/mol. The van der Waals surface area contributed by atoms with Gasteiger partial charge in [-0.3, -0.25) is 4.79 Å². The first kappa shape index (κ1) is 17.9. The molecule has 0 aliphatic carbocycles. The first-order valence-corrected chi connectivity index (χ1v) is 10.6. The van der Waals surface area contributed by atoms with Gasteiger partial charge in [0.2, 0.25) is 0 Å². The van der Waals surface area contributed by atoms with E-state index in [1.54, 1.807) is 25.1 Å². The van der Waals surface area contributed by atoms with Crippen molar-refractivity contribution in [2.45, 2.75) is 23.5 Å². The zero-order chi connectivity index (χ0) is 18.0. The first-order chi connectivity index (χ1) is 11.8. The molecule has 132 valence electrons. The van der Waals surface area contributed by atoms with Crippen molar-refractivity contribution in [1.29, 1.82) is 0 Å². The number of hydrogen-bond donors (Lipinski definition) is 1. The normalized spacial score (nSPS) is 18.9. The van der Waals surface area contributed by atoms with Crippen LogP contribution in [0.2, 0.25) is 0 Å². The molecule has 0 bridgehead atoms. The molecule has 2 aromatic carbocycles. The largest absolute Gasteiger partial charge is 0.322 e. The van der Waals surface area contributed by atoms with E-state index in [1.807, 2.05) is 12.1 Å². The Hall–Kier alpha value is -1.86. The molecule has 1 N–H and O–H groups in total. The highest BCUT2D eigenvalue weighted by Crippen LogP contribution is 2.33. The Bertz CT molecular complexity index is 912. The molecule has 2 aromatic rings. The van der Waals surface area contributed by atoms with Crippen LogP contribution in [-0.4, -0.2) is 31.1 Å². The van der Waals surface area contributed by atoms with Crippen molar-refractivity contribution in [3.8, 4) is 0 Å². The van der Waals surface area contributed by atoms with Gasteiger partial charge in [-0.2, -0.15) is 0 Å². The van der Waals surface area contributed by atoms with E-state index >= 15 is 0 Å². The minimum absolute atomic E-state index is 0.0464. The van der Waals surface area contributed by atoms with E-state index < -0.39 is 15.7 Å². The van der Waals surface area contributed by atoms with Gasteiger partial charge in [-0.05, 0) is 43.2 Å². The quantitative estimate of drug-likeness (QED) is 0.880. The van der Waals surface area contributed by atoms with E-state index in [0.29, 0.717) is 17.7 Å². The van der Waals surface area contributed by atoms with Crippen LogP contribution in [0.25, 0.3) is 0 Å². The van der Waals surface area contributed by atoms with Crippen LogP contribution in [0.4, 0.5) is 10.1 Å². The van der Waals surface area contributed by atoms with Crippen LogP contribution in [0.1, 0.15) is 22.3 Å². The lowest BCUT2D eigenvalue weighted by Gasteiger charge is -2.13. The lowest BCUT2D eigenvalue weighted by Crippen LogP contribution is -2.15. The summed E-state index contributed by atoms with van der Waals surface area (Å²) in [4.78, 5) is 13.4. The first-order valence-electron chi connectivity index (χ1n) is 7.88. The van der Waals surface area contributed by atoms with E-state index in [-0.39, 0.29) is 22.7 Å². The molecule has 4 nitrogen and oxygen atoms in total. The van der Waals surface area contributed by atoms with E-state index in [4.69, 9.17) is 0 Å². The standard InChI is InChI=1S/C18H18FNO3S2/c1-12-6-7-13(19)10-16(12)20-18(21)15-4-2-3-5-17(15)24-14-8-9-25(22,23)11-14/h2-7,10,14H,8-9,11H2,1H3,(H,20,21)/t14-/m1/s1. The van der Waals surface area contributed by atoms with Crippen LogP contribution in [0.5, 0.6) is 0 Å². The summed E-state index contributed by atoms with van der Waals surface area (Å²) in [5, 5.41) is 2.69. The number of nitrogens with one attached hydrogen (secondary N) is 1. The Morgan fingerprint density at radius 3 is 2.72 bits per heavy atom. The van der Waals surface area contributed by atoms with Crippen molar-refractivity contribution < 1.29 is 17.6 Å². The molecule has 1 atom stereocenters. The molecule has 0 radical (unpaired) electrons. The number of aryl methyl sites for hydroxylation is 1. The number of hydrogen-bond acceptors (Lipinski definition) is 4. The number of rotatable bonds is 4. The molecule has 0 saturated carbocycles. The maximum absolute atomic E-state index is 13.4. The number of thioether (sulfide) groups is 1. The van der Waals surface area contributed by atoms with E-state index in [0.717, 1.165) is 10.5 Å². The second-order valence-electron chi connectivity index (χ2n) is 6.05. The second kappa shape index (κ2) is 7.17. The third kappa shape index (κ3) is 4.41. The van der Waals surface area contributed by atoms with Gasteiger partial charge in [-0.25, -0.2) is 12.8 Å². The summed E-state index contributed by atoms with van der Waals surface area (Å²) in [5.74, 6) is -0.421. The van der Waals surface area contributed by atoms with Crippen LogP contribution >= 0.6 is 11.8 Å². The lowest BCUT2D eigenvalue weighted by molar-refractivity contribution is 0.102. The molecule has 7 heteroatoms. The minimum atomic E-state index is -2.97. The minimum Gasteiger partial charge on any atom is -0.322 e. The predicted octanol–water partition coefficient (Wildman–Crippen LogP) is 3.67. The van der Waals surface area contributed by atoms with Crippen LogP contribution in [0.3, 0.4) is 0 Å². The Morgan fingerprint density at radius 2 is 2.00 bits per heavy atom. The summed E-state index contributed by atoms with van der Waals surface area (Å²) in [6, 6.07) is 11.3. The third-order valence-electron chi connectivity index (χ3n) is 4.06. The second-order valence-corrected chi connectivity index (χ2v) is 9.62. The molecule has 1 amide bonds. The highest BCUT2D eigenvalue weighted by atomic mass is 32.2. The fourth-order valence-electron chi connectivity index (χ4n) is 2.71. The summed E-state index contributed by atoms with van der Waals surface area (Å²) in [6.45, 7) is 1.79. The number of anilines is 1. The molecule has 1 fully saturated rings. The molecule has 1 saturated heterocycles. The van der Waals surface area contributed by atoms with Gasteiger partial charge in [0.05, 0.1) is 17.1 Å². The van der Waals surface area contributed by atoms with Crippen molar-refractivity contribution in [2.75, 3.05) is 16.8 Å². The van der Waals surface area contributed by atoms with E-state index in [2.05, 4.69) is 5.32 Å². The fourth-order valence-corrected chi connectivity index (χ4v) is 6.34. The van der Waals surface area contributed by atoms with Crippen molar-refractivity contribution in [3.63, 3.8) is 0 Å². The summed E-state index contributed by atoms with van der Waals surface area (Å²) in [6.07, 6.45) is 0.589. The number of carbonyl (C=O) groups excluding carboxylic acids is 1. The maximum Gasteiger partial charge on any atom is 0.256 e. The smallest absolute Gasteiger partial charge is 0.256 e. The topological polar surface area (TPSA) is 63.2 Å². The Balaban J connectivity index is 1.80. The Labute approximate surface area is 150 Å². The molecule has 25 heavy (non-hydrogen) atoms. The third-order valence-corrected chi connectivity index (χ3v) is 7.39. The van der Waals surface area contributed by atoms with E-state index in [9.17, 15) is 17.6 Å². The molecule has 0 spiro atoms. The number of halogens is 1. The van der Waals surface area contributed by atoms with Crippen molar-refractivity contribution in [2.24, 2.45) is 0 Å².